The van der Waals surface area contributed by atoms with Gasteiger partial charge in [0, 0.05) is 11.6 Å². The molecule has 0 aliphatic heterocycles. The fraction of sp³-hybridized carbons (Fsp3) is 0.647. The predicted molar refractivity (Wildman–Crippen MR) is 82.6 cm³/mol. The summed E-state index contributed by atoms with van der Waals surface area (Å²) in [5.74, 6) is 0.331. The van der Waals surface area contributed by atoms with Gasteiger partial charge in [-0.2, -0.15) is 0 Å². The molecule has 19 heavy (non-hydrogen) atoms. The van der Waals surface area contributed by atoms with Gasteiger partial charge in [-0.05, 0) is 56.7 Å². The molecule has 0 aliphatic rings. The molecule has 108 valence electrons. The number of phenols is 1. The minimum atomic E-state index is 0.134. The zero-order valence-electron chi connectivity index (χ0n) is 13.2. The quantitative estimate of drug-likeness (QED) is 0.837. The zero-order valence-corrected chi connectivity index (χ0v) is 13.2. The predicted octanol–water partition coefficient (Wildman–Crippen LogP) is 4.13. The van der Waals surface area contributed by atoms with Crippen molar-refractivity contribution in [2.45, 2.75) is 66.0 Å². The number of rotatable bonds is 5. The van der Waals surface area contributed by atoms with Crippen molar-refractivity contribution in [1.82, 2.24) is 5.32 Å². The second kappa shape index (κ2) is 5.96. The van der Waals surface area contributed by atoms with Gasteiger partial charge < -0.3 is 10.4 Å². The third-order valence-electron chi connectivity index (χ3n) is 3.09. The third kappa shape index (κ3) is 6.63. The van der Waals surface area contributed by atoms with E-state index in [1.54, 1.807) is 12.1 Å². The topological polar surface area (TPSA) is 32.3 Å². The van der Waals surface area contributed by atoms with Crippen molar-refractivity contribution >= 4 is 0 Å². The van der Waals surface area contributed by atoms with Crippen LogP contribution in [0.1, 0.15) is 53.5 Å². The third-order valence-corrected chi connectivity index (χ3v) is 3.09. The molecule has 0 radical (unpaired) electrons. The van der Waals surface area contributed by atoms with Crippen LogP contribution in [0.3, 0.4) is 0 Å². The molecule has 2 N–H and O–H groups in total. The highest BCUT2D eigenvalue weighted by Crippen LogP contribution is 2.27. The van der Waals surface area contributed by atoms with E-state index in [1.165, 1.54) is 5.56 Å². The highest BCUT2D eigenvalue weighted by atomic mass is 16.3. The maximum atomic E-state index is 9.29. The van der Waals surface area contributed by atoms with Gasteiger partial charge >= 0.3 is 0 Å². The molecule has 0 saturated carbocycles. The normalized spacial score (nSPS) is 14.4. The first-order valence-electron chi connectivity index (χ1n) is 7.13. The number of phenolic OH excluding ortho intramolecular Hbond substituents is 1. The van der Waals surface area contributed by atoms with E-state index >= 15 is 0 Å². The largest absolute Gasteiger partial charge is 0.508 e. The molecule has 2 nitrogen and oxygen atoms in total. The van der Waals surface area contributed by atoms with Crippen molar-refractivity contribution in [2.24, 2.45) is 5.41 Å². The standard InChI is InChI=1S/C17H29NO/c1-13(11-14-7-9-15(19)10-8-14)18-17(5,6)12-16(2,3)4/h7-10,13,18-19H,11-12H2,1-6H3. The van der Waals surface area contributed by atoms with E-state index < -0.39 is 0 Å². The maximum absolute atomic E-state index is 9.29. The summed E-state index contributed by atoms with van der Waals surface area (Å²) in [5.41, 5.74) is 1.72. The van der Waals surface area contributed by atoms with Crippen LogP contribution in [0, 0.1) is 5.41 Å². The minimum absolute atomic E-state index is 0.134. The summed E-state index contributed by atoms with van der Waals surface area (Å²) in [4.78, 5) is 0. The monoisotopic (exact) mass is 263 g/mol. The van der Waals surface area contributed by atoms with Crippen molar-refractivity contribution in [3.05, 3.63) is 29.8 Å². The lowest BCUT2D eigenvalue weighted by molar-refractivity contribution is 0.226. The number of aromatic hydroxyl groups is 1. The van der Waals surface area contributed by atoms with Crippen molar-refractivity contribution in [2.75, 3.05) is 0 Å². The highest BCUT2D eigenvalue weighted by Gasteiger charge is 2.26. The lowest BCUT2D eigenvalue weighted by Gasteiger charge is -2.36. The van der Waals surface area contributed by atoms with Gasteiger partial charge in [0.2, 0.25) is 0 Å². The molecule has 0 saturated heterocycles. The van der Waals surface area contributed by atoms with Gasteiger partial charge in [0.15, 0.2) is 0 Å². The average molecular weight is 263 g/mol. The summed E-state index contributed by atoms with van der Waals surface area (Å²) in [6.07, 6.45) is 2.12. The molecule has 1 aromatic rings. The van der Waals surface area contributed by atoms with Gasteiger partial charge in [-0.15, -0.1) is 0 Å². The van der Waals surface area contributed by atoms with E-state index in [9.17, 15) is 5.11 Å². The van der Waals surface area contributed by atoms with Gasteiger partial charge in [-0.3, -0.25) is 0 Å². The van der Waals surface area contributed by atoms with Crippen LogP contribution in [0.4, 0.5) is 0 Å². The van der Waals surface area contributed by atoms with E-state index in [-0.39, 0.29) is 5.54 Å². The van der Waals surface area contributed by atoms with Crippen molar-refractivity contribution in [3.8, 4) is 5.75 Å². The molecule has 1 aromatic carbocycles. The van der Waals surface area contributed by atoms with Crippen LogP contribution in [0.2, 0.25) is 0 Å². The first-order chi connectivity index (χ1) is 8.57. The summed E-state index contributed by atoms with van der Waals surface area (Å²) in [6.45, 7) is 13.6. The summed E-state index contributed by atoms with van der Waals surface area (Å²) in [6, 6.07) is 7.90. The first-order valence-corrected chi connectivity index (χ1v) is 7.13. The summed E-state index contributed by atoms with van der Waals surface area (Å²) in [5, 5.41) is 13.0. The lowest BCUT2D eigenvalue weighted by atomic mass is 9.81. The smallest absolute Gasteiger partial charge is 0.115 e. The maximum Gasteiger partial charge on any atom is 0.115 e. The summed E-state index contributed by atoms with van der Waals surface area (Å²) in [7, 11) is 0. The Kier molecular flexibility index (Phi) is 5.03. The van der Waals surface area contributed by atoms with E-state index in [1.807, 2.05) is 12.1 Å². The van der Waals surface area contributed by atoms with Crippen molar-refractivity contribution in [1.29, 1.82) is 0 Å². The number of benzene rings is 1. The van der Waals surface area contributed by atoms with E-state index in [0.717, 1.165) is 12.8 Å². The van der Waals surface area contributed by atoms with Crippen molar-refractivity contribution < 1.29 is 5.11 Å². The summed E-state index contributed by atoms with van der Waals surface area (Å²) >= 11 is 0. The molecule has 0 fully saturated rings. The Morgan fingerprint density at radius 2 is 1.58 bits per heavy atom. The van der Waals surface area contributed by atoms with E-state index in [2.05, 4.69) is 46.9 Å². The van der Waals surface area contributed by atoms with Crippen LogP contribution < -0.4 is 5.32 Å². The molecule has 0 spiro atoms. The van der Waals surface area contributed by atoms with Crippen LogP contribution in [0.5, 0.6) is 5.75 Å². The molecule has 2 heteroatoms. The van der Waals surface area contributed by atoms with Gasteiger partial charge in [0.05, 0.1) is 0 Å². The Labute approximate surface area is 118 Å². The fourth-order valence-corrected chi connectivity index (χ4v) is 3.08. The van der Waals surface area contributed by atoms with Crippen LogP contribution in [0.25, 0.3) is 0 Å². The van der Waals surface area contributed by atoms with Gasteiger partial charge in [0.1, 0.15) is 5.75 Å². The van der Waals surface area contributed by atoms with E-state index in [0.29, 0.717) is 17.2 Å². The first kappa shape index (κ1) is 16.0. The molecular weight excluding hydrogens is 234 g/mol. The Hall–Kier alpha value is -1.02. The fourth-order valence-electron chi connectivity index (χ4n) is 3.08. The Morgan fingerprint density at radius 1 is 1.05 bits per heavy atom. The zero-order chi connectivity index (χ0) is 14.7. The van der Waals surface area contributed by atoms with Crippen LogP contribution >= 0.6 is 0 Å². The molecule has 0 amide bonds. The molecular formula is C17H29NO. The highest BCUT2D eigenvalue weighted by molar-refractivity contribution is 5.26. The van der Waals surface area contributed by atoms with Gasteiger partial charge in [-0.1, -0.05) is 32.9 Å². The van der Waals surface area contributed by atoms with Gasteiger partial charge in [-0.25, -0.2) is 0 Å². The molecule has 0 bridgehead atoms. The second-order valence-electron chi connectivity index (χ2n) is 7.54. The number of hydrogen-bond acceptors (Lipinski definition) is 2. The SMILES string of the molecule is CC(Cc1ccc(O)cc1)NC(C)(C)CC(C)(C)C. The molecule has 1 rings (SSSR count). The Bertz CT molecular complexity index is 387. The lowest BCUT2D eigenvalue weighted by Crippen LogP contribution is -2.47. The second-order valence-corrected chi connectivity index (χ2v) is 7.54. The Balaban J connectivity index is 2.54. The molecule has 1 unspecified atom stereocenters. The average Bonchev–Trinajstić information content (AvgIpc) is 2.16. The van der Waals surface area contributed by atoms with Crippen LogP contribution in [0.15, 0.2) is 24.3 Å². The van der Waals surface area contributed by atoms with Crippen LogP contribution in [-0.4, -0.2) is 16.7 Å². The van der Waals surface area contributed by atoms with Crippen LogP contribution in [-0.2, 0) is 6.42 Å². The minimum Gasteiger partial charge on any atom is -0.508 e. The number of hydrogen-bond donors (Lipinski definition) is 2. The molecule has 1 atom stereocenters. The summed E-state index contributed by atoms with van der Waals surface area (Å²) < 4.78 is 0. The van der Waals surface area contributed by atoms with Crippen molar-refractivity contribution in [3.63, 3.8) is 0 Å². The van der Waals surface area contributed by atoms with E-state index in [4.69, 9.17) is 0 Å². The Morgan fingerprint density at radius 3 is 2.05 bits per heavy atom. The number of nitrogens with one attached hydrogen (secondary N) is 1. The molecule has 0 aliphatic carbocycles. The van der Waals surface area contributed by atoms with Gasteiger partial charge in [0.25, 0.3) is 0 Å². The molecule has 0 aromatic heterocycles. The molecule has 0 heterocycles.